The molecule has 1 saturated heterocycles. The molecule has 1 amide bonds. The molecule has 1 N–H and O–H groups in total. The Hall–Kier alpha value is -2.13. The second-order valence-corrected chi connectivity index (χ2v) is 6.60. The minimum Gasteiger partial charge on any atom is -0.324 e. The van der Waals surface area contributed by atoms with Gasteiger partial charge in [0.25, 0.3) is 0 Å². The first kappa shape index (κ1) is 16.7. The van der Waals surface area contributed by atoms with E-state index in [1.54, 1.807) is 0 Å². The molecule has 0 radical (unpaired) electrons. The number of likely N-dealkylation sites (tertiary alicyclic amines) is 1. The highest BCUT2D eigenvalue weighted by atomic mass is 16.2. The van der Waals surface area contributed by atoms with Gasteiger partial charge in [0.1, 0.15) is 0 Å². The quantitative estimate of drug-likeness (QED) is 0.900. The summed E-state index contributed by atoms with van der Waals surface area (Å²) < 4.78 is 0. The zero-order valence-electron chi connectivity index (χ0n) is 14.4. The van der Waals surface area contributed by atoms with Crippen LogP contribution in [-0.4, -0.2) is 30.4 Å². The number of amides is 1. The fourth-order valence-electron chi connectivity index (χ4n) is 3.37. The lowest BCUT2D eigenvalue weighted by Crippen LogP contribution is -2.34. The van der Waals surface area contributed by atoms with Gasteiger partial charge in [-0.05, 0) is 44.0 Å². The molecule has 3 heteroatoms. The van der Waals surface area contributed by atoms with Crippen molar-refractivity contribution < 1.29 is 4.79 Å². The number of nitrogens with one attached hydrogen (secondary N) is 1. The Kier molecular flexibility index (Phi) is 5.65. The van der Waals surface area contributed by atoms with Crippen LogP contribution in [0.25, 0.3) is 11.1 Å². The van der Waals surface area contributed by atoms with Gasteiger partial charge < -0.3 is 5.32 Å². The first-order chi connectivity index (χ1) is 11.7. The summed E-state index contributed by atoms with van der Waals surface area (Å²) in [6.45, 7) is 4.61. The van der Waals surface area contributed by atoms with Gasteiger partial charge in [-0.3, -0.25) is 9.69 Å². The molecule has 126 valence electrons. The number of hydrogen-bond acceptors (Lipinski definition) is 2. The molecule has 1 heterocycles. The minimum atomic E-state index is 0.0865. The molecule has 2 aromatic rings. The number of carbonyl (C=O) groups excluding carboxylic acids is 1. The highest BCUT2D eigenvalue weighted by Gasteiger charge is 2.15. The first-order valence-electron chi connectivity index (χ1n) is 8.91. The van der Waals surface area contributed by atoms with Crippen LogP contribution in [0.4, 0.5) is 5.69 Å². The van der Waals surface area contributed by atoms with E-state index < -0.39 is 0 Å². The lowest BCUT2D eigenvalue weighted by atomic mass is 10.0. The lowest BCUT2D eigenvalue weighted by Gasteiger charge is -2.20. The Balaban J connectivity index is 1.75. The molecule has 0 aliphatic carbocycles. The monoisotopic (exact) mass is 322 g/mol. The third-order valence-corrected chi connectivity index (χ3v) is 4.69. The Bertz CT molecular complexity index is 673. The van der Waals surface area contributed by atoms with Crippen molar-refractivity contribution in [2.24, 2.45) is 0 Å². The maximum absolute atomic E-state index is 12.6. The summed E-state index contributed by atoms with van der Waals surface area (Å²) in [7, 11) is 0. The van der Waals surface area contributed by atoms with Crippen molar-refractivity contribution in [3.63, 3.8) is 0 Å². The van der Waals surface area contributed by atoms with Gasteiger partial charge in [-0.2, -0.15) is 0 Å². The second kappa shape index (κ2) is 8.11. The van der Waals surface area contributed by atoms with Gasteiger partial charge >= 0.3 is 0 Å². The van der Waals surface area contributed by atoms with Crippen LogP contribution in [0.1, 0.15) is 31.2 Å². The van der Waals surface area contributed by atoms with Crippen molar-refractivity contribution in [2.75, 3.05) is 25.0 Å². The van der Waals surface area contributed by atoms with E-state index in [2.05, 4.69) is 28.4 Å². The molecule has 24 heavy (non-hydrogen) atoms. The second-order valence-electron chi connectivity index (χ2n) is 6.60. The third kappa shape index (κ3) is 4.24. The van der Waals surface area contributed by atoms with E-state index in [9.17, 15) is 4.79 Å². The summed E-state index contributed by atoms with van der Waals surface area (Å²) in [6, 6.07) is 16.4. The number of benzene rings is 2. The lowest BCUT2D eigenvalue weighted by molar-refractivity contribution is -0.117. The molecule has 0 aromatic heterocycles. The smallest absolute Gasteiger partial charge is 0.238 e. The number of carbonyl (C=O) groups is 1. The third-order valence-electron chi connectivity index (χ3n) is 4.69. The van der Waals surface area contributed by atoms with Gasteiger partial charge in [0.2, 0.25) is 5.91 Å². The van der Waals surface area contributed by atoms with E-state index in [0.29, 0.717) is 6.54 Å². The van der Waals surface area contributed by atoms with Gasteiger partial charge in [-0.1, -0.05) is 61.4 Å². The van der Waals surface area contributed by atoms with Crippen molar-refractivity contribution in [1.29, 1.82) is 0 Å². The molecule has 1 aliphatic rings. The van der Waals surface area contributed by atoms with Crippen LogP contribution >= 0.6 is 0 Å². The molecule has 3 nitrogen and oxygen atoms in total. The molecule has 2 aromatic carbocycles. The summed E-state index contributed by atoms with van der Waals surface area (Å²) in [4.78, 5) is 14.9. The fraction of sp³-hybridized carbons (Fsp3) is 0.381. The fourth-order valence-corrected chi connectivity index (χ4v) is 3.37. The van der Waals surface area contributed by atoms with Gasteiger partial charge in [-0.25, -0.2) is 0 Å². The molecule has 0 unspecified atom stereocenters. The predicted molar refractivity (Wildman–Crippen MR) is 100 cm³/mol. The molecular weight excluding hydrogens is 296 g/mol. The molecule has 1 fully saturated rings. The van der Waals surface area contributed by atoms with Crippen molar-refractivity contribution in [3.8, 4) is 11.1 Å². The Morgan fingerprint density at radius 3 is 2.38 bits per heavy atom. The van der Waals surface area contributed by atoms with Crippen molar-refractivity contribution >= 4 is 11.6 Å². The predicted octanol–water partition coefficient (Wildman–Crippen LogP) is 4.48. The number of rotatable bonds is 4. The molecule has 0 bridgehead atoms. The SMILES string of the molecule is Cc1cccc(-c2ccccc2)c1NC(=O)CN1CCCCCC1. The number of para-hydroxylation sites is 1. The minimum absolute atomic E-state index is 0.0865. The van der Waals surface area contributed by atoms with Gasteiger partial charge in [0.15, 0.2) is 0 Å². The van der Waals surface area contributed by atoms with E-state index in [1.165, 1.54) is 25.7 Å². The molecule has 1 aliphatic heterocycles. The number of hydrogen-bond donors (Lipinski definition) is 1. The summed E-state index contributed by atoms with van der Waals surface area (Å²) in [6.07, 6.45) is 4.97. The standard InChI is InChI=1S/C21H26N2O/c1-17-10-9-13-19(18-11-5-4-6-12-18)21(17)22-20(24)16-23-14-7-2-3-8-15-23/h4-6,9-13H,2-3,7-8,14-16H2,1H3,(H,22,24). The summed E-state index contributed by atoms with van der Waals surface area (Å²) in [5.41, 5.74) is 4.25. The average molecular weight is 322 g/mol. The summed E-state index contributed by atoms with van der Waals surface area (Å²) in [5, 5.41) is 3.16. The molecule has 0 saturated carbocycles. The zero-order chi connectivity index (χ0) is 16.8. The average Bonchev–Trinajstić information content (AvgIpc) is 2.86. The van der Waals surface area contributed by atoms with Crippen molar-refractivity contribution in [3.05, 3.63) is 54.1 Å². The van der Waals surface area contributed by atoms with Crippen LogP contribution in [0.15, 0.2) is 48.5 Å². The highest BCUT2D eigenvalue weighted by molar-refractivity contribution is 5.97. The Morgan fingerprint density at radius 1 is 0.958 bits per heavy atom. The van der Waals surface area contributed by atoms with Crippen LogP contribution < -0.4 is 5.32 Å². The molecule has 0 atom stereocenters. The van der Waals surface area contributed by atoms with E-state index in [4.69, 9.17) is 0 Å². The van der Waals surface area contributed by atoms with Gasteiger partial charge in [-0.15, -0.1) is 0 Å². The Labute approximate surface area is 144 Å². The van der Waals surface area contributed by atoms with Crippen molar-refractivity contribution in [1.82, 2.24) is 4.90 Å². The van der Waals surface area contributed by atoms with Crippen LogP contribution in [0.5, 0.6) is 0 Å². The maximum atomic E-state index is 12.6. The largest absolute Gasteiger partial charge is 0.324 e. The normalized spacial score (nSPS) is 15.7. The maximum Gasteiger partial charge on any atom is 0.238 e. The Morgan fingerprint density at radius 2 is 1.67 bits per heavy atom. The van der Waals surface area contributed by atoms with Crippen LogP contribution in [0, 0.1) is 6.92 Å². The molecular formula is C21H26N2O. The number of anilines is 1. The van der Waals surface area contributed by atoms with Crippen LogP contribution in [-0.2, 0) is 4.79 Å². The first-order valence-corrected chi connectivity index (χ1v) is 8.91. The van der Waals surface area contributed by atoms with Crippen LogP contribution in [0.2, 0.25) is 0 Å². The van der Waals surface area contributed by atoms with E-state index in [1.807, 2.05) is 37.3 Å². The van der Waals surface area contributed by atoms with Crippen LogP contribution in [0.3, 0.4) is 0 Å². The van der Waals surface area contributed by atoms with Gasteiger partial charge in [0, 0.05) is 5.56 Å². The van der Waals surface area contributed by atoms with E-state index in [-0.39, 0.29) is 5.91 Å². The number of nitrogens with zero attached hydrogens (tertiary/aromatic N) is 1. The molecule has 3 rings (SSSR count). The summed E-state index contributed by atoms with van der Waals surface area (Å²) >= 11 is 0. The summed E-state index contributed by atoms with van der Waals surface area (Å²) in [5.74, 6) is 0.0865. The van der Waals surface area contributed by atoms with E-state index in [0.717, 1.165) is 35.5 Å². The zero-order valence-corrected chi connectivity index (χ0v) is 14.4. The highest BCUT2D eigenvalue weighted by Crippen LogP contribution is 2.30. The van der Waals surface area contributed by atoms with E-state index >= 15 is 0 Å². The molecule has 0 spiro atoms. The van der Waals surface area contributed by atoms with Crippen molar-refractivity contribution in [2.45, 2.75) is 32.6 Å². The topological polar surface area (TPSA) is 32.3 Å². The van der Waals surface area contributed by atoms with Gasteiger partial charge in [0.05, 0.1) is 12.2 Å². The number of aryl methyl sites for hydroxylation is 1.